The molecule has 0 saturated carbocycles. The van der Waals surface area contributed by atoms with E-state index in [9.17, 15) is 8.42 Å². The first-order valence-corrected chi connectivity index (χ1v) is 7.09. The van der Waals surface area contributed by atoms with Crippen LogP contribution in [0.3, 0.4) is 0 Å². The van der Waals surface area contributed by atoms with Gasteiger partial charge in [0.05, 0.1) is 28.8 Å². The van der Waals surface area contributed by atoms with Gasteiger partial charge in [0.15, 0.2) is 0 Å². The lowest BCUT2D eigenvalue weighted by atomic mass is 10.4. The van der Waals surface area contributed by atoms with Gasteiger partial charge in [-0.1, -0.05) is 23.2 Å². The number of ether oxygens (including phenoxy) is 1. The van der Waals surface area contributed by atoms with Gasteiger partial charge in [0.25, 0.3) is 0 Å². The molecule has 1 aromatic rings. The number of hydrogen-bond acceptors (Lipinski definition) is 4. The summed E-state index contributed by atoms with van der Waals surface area (Å²) in [6.45, 7) is 1.65. The van der Waals surface area contributed by atoms with Gasteiger partial charge in [-0.2, -0.15) is 0 Å². The average molecular weight is 299 g/mol. The lowest BCUT2D eigenvalue weighted by molar-refractivity contribution is 0.136. The number of nitrogens with zero attached hydrogens (tertiary/aromatic N) is 1. The molecule has 17 heavy (non-hydrogen) atoms. The molecular formula is C9H12Cl2N2O3S. The molecule has 1 rings (SSSR count). The molecule has 0 bridgehead atoms. The summed E-state index contributed by atoms with van der Waals surface area (Å²) in [4.78, 5) is 3.75. The van der Waals surface area contributed by atoms with Crippen molar-refractivity contribution in [2.45, 2.75) is 13.0 Å². The Hall–Kier alpha value is -0.560. The Balaban J connectivity index is 2.83. The van der Waals surface area contributed by atoms with Crippen LogP contribution in [-0.4, -0.2) is 32.4 Å². The molecular weight excluding hydrogens is 287 g/mol. The summed E-state index contributed by atoms with van der Waals surface area (Å²) in [5.74, 6) is -0.164. The number of halogens is 2. The second-order valence-corrected chi connectivity index (χ2v) is 5.98. The SMILES string of the molecule is COC(C)CS(=O)(=O)Nc1cnc(Cl)cc1Cl. The molecule has 0 aromatic carbocycles. The first-order valence-electron chi connectivity index (χ1n) is 4.68. The van der Waals surface area contributed by atoms with Crippen molar-refractivity contribution in [3.05, 3.63) is 22.4 Å². The minimum absolute atomic E-state index is 0.164. The van der Waals surface area contributed by atoms with Crippen LogP contribution in [0.2, 0.25) is 10.2 Å². The number of sulfonamides is 1. The molecule has 5 nitrogen and oxygen atoms in total. The molecule has 0 spiro atoms. The smallest absolute Gasteiger partial charge is 0.235 e. The summed E-state index contributed by atoms with van der Waals surface area (Å²) in [7, 11) is -2.08. The molecule has 0 aliphatic rings. The largest absolute Gasteiger partial charge is 0.381 e. The zero-order valence-corrected chi connectivity index (χ0v) is 11.6. The van der Waals surface area contributed by atoms with E-state index in [0.29, 0.717) is 0 Å². The standard InChI is InChI=1S/C9H12Cl2N2O3S/c1-6(16-2)5-17(14,15)13-8-4-12-9(11)3-7(8)10/h3-4,6,13H,5H2,1-2H3. The third-order valence-corrected chi connectivity index (χ3v) is 3.90. The van der Waals surface area contributed by atoms with Crippen LogP contribution in [0.1, 0.15) is 6.92 Å². The summed E-state index contributed by atoms with van der Waals surface area (Å²) >= 11 is 11.4. The first-order chi connectivity index (χ1) is 7.84. The van der Waals surface area contributed by atoms with Gasteiger partial charge < -0.3 is 4.74 Å². The Kier molecular flexibility index (Phi) is 5.00. The Morgan fingerprint density at radius 1 is 1.53 bits per heavy atom. The van der Waals surface area contributed by atoms with Gasteiger partial charge in [0, 0.05) is 7.11 Å². The maximum Gasteiger partial charge on any atom is 0.235 e. The predicted octanol–water partition coefficient (Wildman–Crippen LogP) is 2.17. The van der Waals surface area contributed by atoms with E-state index in [1.807, 2.05) is 0 Å². The van der Waals surface area contributed by atoms with Crippen molar-refractivity contribution in [1.29, 1.82) is 0 Å². The molecule has 0 saturated heterocycles. The summed E-state index contributed by atoms with van der Waals surface area (Å²) in [6.07, 6.45) is 0.853. The van der Waals surface area contributed by atoms with Gasteiger partial charge >= 0.3 is 0 Å². The van der Waals surface area contributed by atoms with E-state index >= 15 is 0 Å². The zero-order valence-electron chi connectivity index (χ0n) is 9.28. The van der Waals surface area contributed by atoms with E-state index in [1.54, 1.807) is 6.92 Å². The molecule has 0 radical (unpaired) electrons. The fourth-order valence-corrected chi connectivity index (χ4v) is 2.87. The van der Waals surface area contributed by atoms with Crippen LogP contribution in [0.5, 0.6) is 0 Å². The van der Waals surface area contributed by atoms with Crippen molar-refractivity contribution in [3.8, 4) is 0 Å². The van der Waals surface area contributed by atoms with Crippen LogP contribution in [0.25, 0.3) is 0 Å². The topological polar surface area (TPSA) is 68.3 Å². The summed E-state index contributed by atoms with van der Waals surface area (Å²) in [5, 5.41) is 0.391. The van der Waals surface area contributed by atoms with Crippen molar-refractivity contribution in [2.75, 3.05) is 17.6 Å². The van der Waals surface area contributed by atoms with E-state index < -0.39 is 16.1 Å². The maximum absolute atomic E-state index is 11.7. The lowest BCUT2D eigenvalue weighted by Gasteiger charge is -2.12. The number of anilines is 1. The molecule has 0 aliphatic carbocycles. The molecule has 0 aliphatic heterocycles. The van der Waals surface area contributed by atoms with Crippen LogP contribution in [0, 0.1) is 0 Å². The van der Waals surface area contributed by atoms with Crippen molar-refractivity contribution in [1.82, 2.24) is 4.98 Å². The summed E-state index contributed by atoms with van der Waals surface area (Å²) < 4.78 is 30.6. The Morgan fingerprint density at radius 2 is 2.18 bits per heavy atom. The molecule has 1 heterocycles. The molecule has 0 amide bonds. The van der Waals surface area contributed by atoms with Gasteiger partial charge in [-0.25, -0.2) is 13.4 Å². The number of aromatic nitrogens is 1. The molecule has 8 heteroatoms. The zero-order chi connectivity index (χ0) is 13.1. The highest BCUT2D eigenvalue weighted by Gasteiger charge is 2.17. The Labute approximate surface area is 110 Å². The van der Waals surface area contributed by atoms with Gasteiger partial charge in [-0.05, 0) is 13.0 Å². The van der Waals surface area contributed by atoms with E-state index in [1.165, 1.54) is 19.4 Å². The van der Waals surface area contributed by atoms with Crippen LogP contribution in [-0.2, 0) is 14.8 Å². The van der Waals surface area contributed by atoms with E-state index in [4.69, 9.17) is 27.9 Å². The summed E-state index contributed by atoms with van der Waals surface area (Å²) in [5.41, 5.74) is 0.194. The van der Waals surface area contributed by atoms with Crippen LogP contribution in [0.15, 0.2) is 12.3 Å². The fraction of sp³-hybridized carbons (Fsp3) is 0.444. The highest BCUT2D eigenvalue weighted by Crippen LogP contribution is 2.24. The molecule has 1 aromatic heterocycles. The average Bonchev–Trinajstić information content (AvgIpc) is 2.21. The quantitative estimate of drug-likeness (QED) is 0.846. The molecule has 96 valence electrons. The third kappa shape index (κ3) is 4.67. The predicted molar refractivity (Wildman–Crippen MR) is 68.1 cm³/mol. The second kappa shape index (κ2) is 5.86. The van der Waals surface area contributed by atoms with Gasteiger partial charge in [0.2, 0.25) is 10.0 Å². The number of pyridine rings is 1. The Morgan fingerprint density at radius 3 is 2.71 bits per heavy atom. The minimum Gasteiger partial charge on any atom is -0.381 e. The number of methoxy groups -OCH3 is 1. The van der Waals surface area contributed by atoms with Crippen molar-refractivity contribution < 1.29 is 13.2 Å². The van der Waals surface area contributed by atoms with E-state index in [2.05, 4.69) is 9.71 Å². The van der Waals surface area contributed by atoms with Crippen LogP contribution >= 0.6 is 23.2 Å². The minimum atomic E-state index is -3.52. The lowest BCUT2D eigenvalue weighted by Crippen LogP contribution is -2.25. The molecule has 1 atom stereocenters. The monoisotopic (exact) mass is 298 g/mol. The van der Waals surface area contributed by atoms with Gasteiger partial charge in [-0.3, -0.25) is 4.72 Å². The van der Waals surface area contributed by atoms with Crippen LogP contribution < -0.4 is 4.72 Å². The molecule has 0 fully saturated rings. The Bertz CT molecular complexity index is 493. The van der Waals surface area contributed by atoms with Crippen molar-refractivity contribution >= 4 is 38.9 Å². The van der Waals surface area contributed by atoms with E-state index in [0.717, 1.165) is 0 Å². The molecule has 1 unspecified atom stereocenters. The molecule has 1 N–H and O–H groups in total. The first kappa shape index (κ1) is 14.5. The fourth-order valence-electron chi connectivity index (χ4n) is 1.07. The number of hydrogen-bond donors (Lipinski definition) is 1. The van der Waals surface area contributed by atoms with Gasteiger partial charge in [-0.15, -0.1) is 0 Å². The summed E-state index contributed by atoms with van der Waals surface area (Å²) in [6, 6.07) is 1.36. The normalized spacial score (nSPS) is 13.4. The van der Waals surface area contributed by atoms with Crippen LogP contribution in [0.4, 0.5) is 5.69 Å². The maximum atomic E-state index is 11.7. The third-order valence-electron chi connectivity index (χ3n) is 1.94. The van der Waals surface area contributed by atoms with E-state index in [-0.39, 0.29) is 21.6 Å². The van der Waals surface area contributed by atoms with Crippen molar-refractivity contribution in [2.24, 2.45) is 0 Å². The second-order valence-electron chi connectivity index (χ2n) is 3.42. The number of nitrogens with one attached hydrogen (secondary N) is 1. The van der Waals surface area contributed by atoms with Gasteiger partial charge in [0.1, 0.15) is 5.15 Å². The van der Waals surface area contributed by atoms with Crippen molar-refractivity contribution in [3.63, 3.8) is 0 Å². The highest BCUT2D eigenvalue weighted by molar-refractivity contribution is 7.92. The highest BCUT2D eigenvalue weighted by atomic mass is 35.5. The number of rotatable bonds is 5.